The summed E-state index contributed by atoms with van der Waals surface area (Å²) in [4.78, 5) is 0. The standard InChI is InChI=1S/C26H4F12N4/c27-13-1-9(2-14(28)23(13)31)17-19(11(5-39)6-40)22(26(36,37)38)18(10-3-15(29)24(32)16(30)4-10)20(12(7-41)8-42)21(17)25(33,34)35/h1-4H. The van der Waals surface area contributed by atoms with Crippen molar-refractivity contribution >= 4 is 11.1 Å². The summed E-state index contributed by atoms with van der Waals surface area (Å²) in [5.74, 6) is -13.6. The number of hydrogen-bond donors (Lipinski definition) is 0. The summed E-state index contributed by atoms with van der Waals surface area (Å²) in [6.45, 7) is 0. The number of nitriles is 4. The average Bonchev–Trinajstić information content (AvgIpc) is 2.89. The van der Waals surface area contributed by atoms with Crippen LogP contribution in [0.5, 0.6) is 0 Å². The SMILES string of the molecule is N#CC(C#N)=c1c(-c2cc(F)c(F)c(F)c2)c(C(F)(F)F)c(=C(C#N)C#N)c(-c2cc(F)c(F)c(F)c2)c1C(F)(F)F. The summed E-state index contributed by atoms with van der Waals surface area (Å²) in [6, 6.07) is 2.62. The fourth-order valence-corrected chi connectivity index (χ4v) is 4.07. The van der Waals surface area contributed by atoms with Crippen LogP contribution in [-0.4, -0.2) is 0 Å². The largest absolute Gasteiger partial charge is 0.417 e. The Kier molecular flexibility index (Phi) is 8.01. The summed E-state index contributed by atoms with van der Waals surface area (Å²) in [5, 5.41) is 33.5. The second kappa shape index (κ2) is 10.8. The van der Waals surface area contributed by atoms with Gasteiger partial charge in [-0.2, -0.15) is 47.4 Å². The monoisotopic (exact) mass is 600 g/mol. The van der Waals surface area contributed by atoms with E-state index < -0.39 is 102 Å². The van der Waals surface area contributed by atoms with Crippen LogP contribution >= 0.6 is 0 Å². The van der Waals surface area contributed by atoms with Crippen LogP contribution in [0.15, 0.2) is 24.3 Å². The molecule has 0 radical (unpaired) electrons. The van der Waals surface area contributed by atoms with E-state index in [0.29, 0.717) is 0 Å². The zero-order valence-corrected chi connectivity index (χ0v) is 19.6. The molecule has 0 unspecified atom stereocenters. The second-order valence-corrected chi connectivity index (χ2v) is 7.95. The van der Waals surface area contributed by atoms with E-state index in [1.54, 1.807) is 0 Å². The third-order valence-corrected chi connectivity index (χ3v) is 5.56. The van der Waals surface area contributed by atoms with Gasteiger partial charge in [0.1, 0.15) is 35.4 Å². The van der Waals surface area contributed by atoms with E-state index in [9.17, 15) is 73.7 Å². The van der Waals surface area contributed by atoms with Crippen molar-refractivity contribution in [3.05, 3.63) is 80.7 Å². The first kappa shape index (κ1) is 31.1. The third-order valence-electron chi connectivity index (χ3n) is 5.56. The summed E-state index contributed by atoms with van der Waals surface area (Å²) in [6.07, 6.45) is -12.1. The molecule has 0 aromatic heterocycles. The molecule has 0 bridgehead atoms. The maximum atomic E-state index is 14.7. The predicted octanol–water partition coefficient (Wildman–Crippen LogP) is 6.29. The van der Waals surface area contributed by atoms with Gasteiger partial charge in [0.2, 0.25) is 0 Å². The van der Waals surface area contributed by atoms with Crippen LogP contribution in [0.2, 0.25) is 0 Å². The molecular formula is C26H4F12N4. The van der Waals surface area contributed by atoms with Crippen LogP contribution in [0.1, 0.15) is 11.1 Å². The van der Waals surface area contributed by atoms with Crippen LogP contribution in [0.3, 0.4) is 0 Å². The summed E-state index contributed by atoms with van der Waals surface area (Å²) < 4.78 is 172. The summed E-state index contributed by atoms with van der Waals surface area (Å²) in [5.41, 5.74) is -15.8. The van der Waals surface area contributed by atoms with E-state index in [4.69, 9.17) is 0 Å². The third kappa shape index (κ3) is 5.18. The molecule has 0 aliphatic rings. The first-order chi connectivity index (χ1) is 19.4. The van der Waals surface area contributed by atoms with E-state index in [2.05, 4.69) is 0 Å². The van der Waals surface area contributed by atoms with Gasteiger partial charge in [-0.3, -0.25) is 0 Å². The van der Waals surface area contributed by atoms with Gasteiger partial charge in [0, 0.05) is 21.6 Å². The molecule has 16 heteroatoms. The molecule has 0 aliphatic carbocycles. The van der Waals surface area contributed by atoms with Crippen LogP contribution in [0.4, 0.5) is 52.7 Å². The number of rotatable bonds is 2. The number of alkyl halides is 6. The minimum absolute atomic E-state index is 0.224. The highest BCUT2D eigenvalue weighted by Gasteiger charge is 2.45. The minimum atomic E-state index is -6.04. The Morgan fingerprint density at radius 1 is 0.476 bits per heavy atom. The van der Waals surface area contributed by atoms with Gasteiger partial charge in [-0.25, -0.2) is 26.3 Å². The summed E-state index contributed by atoms with van der Waals surface area (Å²) in [7, 11) is 0. The molecule has 0 amide bonds. The Morgan fingerprint density at radius 2 is 0.714 bits per heavy atom. The van der Waals surface area contributed by atoms with Gasteiger partial charge in [0.15, 0.2) is 34.9 Å². The van der Waals surface area contributed by atoms with Gasteiger partial charge in [-0.15, -0.1) is 0 Å². The number of benzene rings is 3. The maximum absolute atomic E-state index is 14.7. The lowest BCUT2D eigenvalue weighted by molar-refractivity contribution is -0.141. The van der Waals surface area contributed by atoms with E-state index in [0.717, 1.165) is 24.3 Å². The van der Waals surface area contributed by atoms with Gasteiger partial charge in [-0.1, -0.05) is 0 Å². The number of nitrogens with zero attached hydrogens (tertiary/aromatic N) is 4. The quantitative estimate of drug-likeness (QED) is 0.255. The first-order valence-electron chi connectivity index (χ1n) is 10.5. The number of halogens is 12. The van der Waals surface area contributed by atoms with Gasteiger partial charge >= 0.3 is 12.4 Å². The molecule has 0 saturated carbocycles. The van der Waals surface area contributed by atoms with E-state index in [1.807, 2.05) is 0 Å². The van der Waals surface area contributed by atoms with Crippen LogP contribution in [0.25, 0.3) is 33.4 Å². The van der Waals surface area contributed by atoms with Crippen molar-refractivity contribution in [2.75, 3.05) is 0 Å². The Hall–Kier alpha value is -5.48. The van der Waals surface area contributed by atoms with E-state index in [-0.39, 0.29) is 24.3 Å². The molecule has 0 N–H and O–H groups in total. The van der Waals surface area contributed by atoms with Gasteiger partial charge in [0.25, 0.3) is 0 Å². The molecule has 0 aliphatic heterocycles. The van der Waals surface area contributed by atoms with Crippen LogP contribution in [0, 0.1) is 80.2 Å². The predicted molar refractivity (Wildman–Crippen MR) is 116 cm³/mol. The average molecular weight is 600 g/mol. The fourth-order valence-electron chi connectivity index (χ4n) is 4.07. The Bertz CT molecular complexity index is 1740. The molecule has 212 valence electrons. The zero-order chi connectivity index (χ0) is 31.9. The molecule has 0 saturated heterocycles. The fraction of sp³-hybridized carbons (Fsp3) is 0.0769. The van der Waals surface area contributed by atoms with Crippen molar-refractivity contribution in [1.29, 1.82) is 21.0 Å². The molecule has 3 aromatic carbocycles. The van der Waals surface area contributed by atoms with Crippen molar-refractivity contribution in [1.82, 2.24) is 0 Å². The smallest absolute Gasteiger partial charge is 0.204 e. The normalized spacial score (nSPS) is 11.2. The van der Waals surface area contributed by atoms with Crippen LogP contribution < -0.4 is 10.4 Å². The topological polar surface area (TPSA) is 95.2 Å². The molecule has 0 spiro atoms. The molecule has 0 heterocycles. The highest BCUT2D eigenvalue weighted by atomic mass is 19.4. The second-order valence-electron chi connectivity index (χ2n) is 7.95. The van der Waals surface area contributed by atoms with Crippen molar-refractivity contribution in [2.24, 2.45) is 0 Å². The first-order valence-corrected chi connectivity index (χ1v) is 10.5. The van der Waals surface area contributed by atoms with Crippen molar-refractivity contribution in [3.8, 4) is 46.5 Å². The van der Waals surface area contributed by atoms with Gasteiger partial charge in [0.05, 0.1) is 11.1 Å². The molecule has 0 atom stereocenters. The number of hydrogen-bond acceptors (Lipinski definition) is 4. The molecule has 42 heavy (non-hydrogen) atoms. The molecule has 3 aromatic rings. The lowest BCUT2D eigenvalue weighted by Crippen LogP contribution is -2.36. The Labute approximate surface area is 225 Å². The van der Waals surface area contributed by atoms with Crippen molar-refractivity contribution in [2.45, 2.75) is 12.4 Å². The van der Waals surface area contributed by atoms with E-state index >= 15 is 0 Å². The Morgan fingerprint density at radius 3 is 0.905 bits per heavy atom. The van der Waals surface area contributed by atoms with E-state index in [1.165, 1.54) is 0 Å². The lowest BCUT2D eigenvalue weighted by atomic mass is 9.82. The van der Waals surface area contributed by atoms with Crippen molar-refractivity contribution < 1.29 is 52.7 Å². The lowest BCUT2D eigenvalue weighted by Gasteiger charge is -2.24. The molecular weight excluding hydrogens is 596 g/mol. The summed E-state index contributed by atoms with van der Waals surface area (Å²) >= 11 is 0. The zero-order valence-electron chi connectivity index (χ0n) is 19.6. The molecule has 0 fully saturated rings. The van der Waals surface area contributed by atoms with Crippen LogP contribution in [-0.2, 0) is 12.4 Å². The minimum Gasteiger partial charge on any atom is -0.204 e. The molecule has 4 nitrogen and oxygen atoms in total. The Balaban J connectivity index is 3.13. The highest BCUT2D eigenvalue weighted by Crippen LogP contribution is 2.42. The van der Waals surface area contributed by atoms with Crippen molar-refractivity contribution in [3.63, 3.8) is 0 Å². The maximum Gasteiger partial charge on any atom is 0.417 e. The van der Waals surface area contributed by atoms with Gasteiger partial charge in [-0.05, 0) is 35.4 Å². The van der Waals surface area contributed by atoms with Gasteiger partial charge < -0.3 is 0 Å². The highest BCUT2D eigenvalue weighted by molar-refractivity contribution is 5.90. The molecule has 3 rings (SSSR count).